The van der Waals surface area contributed by atoms with Crippen molar-refractivity contribution in [3.63, 3.8) is 0 Å². The number of hydrogen-bond donors (Lipinski definition) is 1. The van der Waals surface area contributed by atoms with E-state index in [1.807, 2.05) is 12.1 Å². The van der Waals surface area contributed by atoms with Crippen molar-refractivity contribution in [1.82, 2.24) is 0 Å². The van der Waals surface area contributed by atoms with Crippen LogP contribution in [0.3, 0.4) is 0 Å². The van der Waals surface area contributed by atoms with Crippen molar-refractivity contribution in [3.05, 3.63) is 63.3 Å². The van der Waals surface area contributed by atoms with Gasteiger partial charge in [0.25, 0.3) is 0 Å². The molecule has 7 heteroatoms. The molecule has 4 rings (SSSR count). The average Bonchev–Trinajstić information content (AvgIpc) is 3.20. The summed E-state index contributed by atoms with van der Waals surface area (Å²) in [5.41, 5.74) is 3.19. The van der Waals surface area contributed by atoms with E-state index in [-0.39, 0.29) is 56.1 Å². The van der Waals surface area contributed by atoms with E-state index in [1.165, 1.54) is 16.0 Å². The second-order valence-electron chi connectivity index (χ2n) is 7.15. The molecule has 0 bridgehead atoms. The Bertz CT molecular complexity index is 884. The molecule has 0 unspecified atom stereocenters. The smallest absolute Gasteiger partial charge is 1.00 e. The van der Waals surface area contributed by atoms with Crippen LogP contribution >= 0.6 is 0 Å². The molecule has 0 fully saturated rings. The predicted molar refractivity (Wildman–Crippen MR) is 100 cm³/mol. The molecule has 3 aliphatic rings. The molecule has 0 spiro atoms. The Morgan fingerprint density at radius 3 is 2.27 bits per heavy atom. The molecule has 0 radical (unpaired) electrons. The van der Waals surface area contributed by atoms with Crippen molar-refractivity contribution in [3.8, 4) is 0 Å². The molecule has 1 heterocycles. The molecule has 2 aliphatic carbocycles. The van der Waals surface area contributed by atoms with Crippen LogP contribution in [0.15, 0.2) is 40.2 Å². The standard InChI is InChI=1S/C14H9OSi.C5H13OSi.2ClH.Ti/c1-7-8-4-2-3-5-9(8)12-10(7)6-11-14(16-11)13(12)15;1-7(2,3)5-4-6;;;/h2-5H,16H2,1H3;6H,1,4-5H2,2-3H3;2*1H;/q2*-1;;;+4/p-2. The molecule has 2 nitrogen and oxygen atoms in total. The van der Waals surface area contributed by atoms with Gasteiger partial charge in [-0.3, -0.25) is 0 Å². The Balaban J connectivity index is 0.000000554. The number of carbonyl (C=O) groups excluding carboxylic acids is 1. The summed E-state index contributed by atoms with van der Waals surface area (Å²) < 4.78 is 0. The number of carbonyl (C=O) groups is 1. The summed E-state index contributed by atoms with van der Waals surface area (Å²) in [6.07, 6.45) is 3.44. The maximum atomic E-state index is 12.2. The Morgan fingerprint density at radius 1 is 1.19 bits per heavy atom. The third-order valence-corrected chi connectivity index (χ3v) is 7.52. The second kappa shape index (κ2) is 9.83. The zero-order valence-corrected chi connectivity index (χ0v) is 20.7. The second-order valence-corrected chi connectivity index (χ2v) is 13.7. The molecule has 136 valence electrons. The minimum absolute atomic E-state index is 0. The number of halogens is 2. The zero-order valence-electron chi connectivity index (χ0n) is 15.2. The van der Waals surface area contributed by atoms with Crippen molar-refractivity contribution in [1.29, 1.82) is 0 Å². The third-order valence-electron chi connectivity index (χ3n) is 4.38. The fraction of sp³-hybridized carbons (Fsp3) is 0.263. The van der Waals surface area contributed by atoms with Crippen LogP contribution in [0, 0.1) is 12.6 Å². The minimum atomic E-state index is -1.16. The number of fused-ring (bicyclic) bond motifs is 2. The molecule has 26 heavy (non-hydrogen) atoms. The molecular weight excluding hydrogens is 435 g/mol. The van der Waals surface area contributed by atoms with Gasteiger partial charge in [0.2, 0.25) is 0 Å². The first-order valence-electron chi connectivity index (χ1n) is 8.01. The first-order chi connectivity index (χ1) is 10.8. The van der Waals surface area contributed by atoms with Gasteiger partial charge in [0.15, 0.2) is 0 Å². The van der Waals surface area contributed by atoms with Crippen LogP contribution in [0.1, 0.15) is 6.92 Å². The van der Waals surface area contributed by atoms with Crippen LogP contribution in [0.25, 0.3) is 11.1 Å². The predicted octanol–water partition coefficient (Wildman–Crippen LogP) is -5.21. The molecule has 0 amide bonds. The van der Waals surface area contributed by atoms with E-state index in [0.717, 1.165) is 27.6 Å². The van der Waals surface area contributed by atoms with Crippen molar-refractivity contribution in [2.45, 2.75) is 26.1 Å². The van der Waals surface area contributed by atoms with E-state index in [1.54, 1.807) is 0 Å². The largest absolute Gasteiger partial charge is 4.00 e. The number of hydrogen-bond acceptors (Lipinski definition) is 2. The van der Waals surface area contributed by atoms with Crippen LogP contribution in [0.5, 0.6) is 0 Å². The fourth-order valence-corrected chi connectivity index (χ4v) is 4.67. The molecule has 0 saturated heterocycles. The maximum Gasteiger partial charge on any atom is 4.00 e. The van der Waals surface area contributed by atoms with E-state index in [4.69, 9.17) is 5.11 Å². The van der Waals surface area contributed by atoms with Crippen LogP contribution in [-0.4, -0.2) is 35.1 Å². The first-order valence-corrected chi connectivity index (χ1v) is 12.8. The Hall–Kier alpha value is -0.202. The van der Waals surface area contributed by atoms with E-state index in [9.17, 15) is 4.79 Å². The number of rotatable bonds is 2. The van der Waals surface area contributed by atoms with Gasteiger partial charge in [0.05, 0.1) is 0 Å². The summed E-state index contributed by atoms with van der Waals surface area (Å²) in [5, 5.41) is 13.1. The van der Waals surface area contributed by atoms with E-state index in [0.29, 0.717) is 12.4 Å². The van der Waals surface area contributed by atoms with Gasteiger partial charge < -0.3 is 41.3 Å². The molecule has 1 aromatic carbocycles. The van der Waals surface area contributed by atoms with Gasteiger partial charge in [-0.1, -0.05) is 79.6 Å². The summed E-state index contributed by atoms with van der Waals surface area (Å²) in [7, 11) is -1.49. The van der Waals surface area contributed by atoms with Gasteiger partial charge >= 0.3 is 21.7 Å². The van der Waals surface area contributed by atoms with Gasteiger partial charge in [0, 0.05) is 16.1 Å². The molecule has 0 saturated carbocycles. The summed E-state index contributed by atoms with van der Waals surface area (Å²) in [6, 6.07) is 9.10. The molecule has 1 aromatic rings. The maximum absolute atomic E-state index is 12.2. The number of allylic oxidation sites excluding steroid dienone is 4. The van der Waals surface area contributed by atoms with Gasteiger partial charge in [-0.25, -0.2) is 0 Å². The topological polar surface area (TPSA) is 37.3 Å². The SMILES string of the molecule is CC1=c2ccccc2=C2C(=O)C3=C([C-]=C12)[SiH2]3.[CH2-][Si](C)(C)CCO.[Cl-].[Cl-].[Ti+4]. The number of aliphatic hydroxyl groups is 1. The summed E-state index contributed by atoms with van der Waals surface area (Å²) >= 11 is 0. The van der Waals surface area contributed by atoms with E-state index in [2.05, 4.69) is 44.8 Å². The molecule has 1 aliphatic heterocycles. The monoisotopic (exact) mass is 456 g/mol. The summed E-state index contributed by atoms with van der Waals surface area (Å²) in [4.78, 5) is 12.2. The van der Waals surface area contributed by atoms with Crippen molar-refractivity contribution in [2.75, 3.05) is 6.61 Å². The number of ketones is 1. The van der Waals surface area contributed by atoms with Crippen LogP contribution in [0.4, 0.5) is 0 Å². The molecular formula is C19H22Cl2O2Si2Ti. The fourth-order valence-electron chi connectivity index (χ4n) is 2.95. The van der Waals surface area contributed by atoms with Gasteiger partial charge in [-0.05, 0) is 0 Å². The van der Waals surface area contributed by atoms with Crippen molar-refractivity contribution < 1.29 is 56.4 Å². The quantitative estimate of drug-likeness (QED) is 0.357. The molecule has 0 atom stereocenters. The van der Waals surface area contributed by atoms with Gasteiger partial charge in [-0.2, -0.15) is 0 Å². The summed E-state index contributed by atoms with van der Waals surface area (Å²) in [6.45, 7) is 10.6. The Kier molecular flexibility index (Phi) is 9.75. The first kappa shape index (κ1) is 25.8. The number of benzene rings is 1. The molecule has 0 aromatic heterocycles. The minimum Gasteiger partial charge on any atom is -1.00 e. The normalized spacial score (nSPS) is 16.8. The third kappa shape index (κ3) is 5.19. The average molecular weight is 457 g/mol. The molecule has 1 N–H and O–H groups in total. The van der Waals surface area contributed by atoms with Crippen LogP contribution < -0.4 is 35.3 Å². The van der Waals surface area contributed by atoms with Crippen LogP contribution in [-0.2, 0) is 26.5 Å². The van der Waals surface area contributed by atoms with Gasteiger partial charge in [0.1, 0.15) is 5.78 Å². The van der Waals surface area contributed by atoms with E-state index < -0.39 is 8.07 Å². The summed E-state index contributed by atoms with van der Waals surface area (Å²) in [5.74, 6) is 0.291. The van der Waals surface area contributed by atoms with Crippen molar-refractivity contribution >= 4 is 34.5 Å². The Labute approximate surface area is 186 Å². The van der Waals surface area contributed by atoms with Crippen molar-refractivity contribution in [2.24, 2.45) is 0 Å². The van der Waals surface area contributed by atoms with E-state index >= 15 is 0 Å². The zero-order chi connectivity index (χ0) is 16.8. The van der Waals surface area contributed by atoms with Gasteiger partial charge in [-0.15, -0.1) is 22.4 Å². The Morgan fingerprint density at radius 2 is 1.77 bits per heavy atom. The number of Topliss-reactive ketones (excluding diaryl/α,β-unsaturated/α-hetero) is 1. The van der Waals surface area contributed by atoms with Crippen LogP contribution in [0.2, 0.25) is 19.1 Å². The number of aliphatic hydroxyl groups excluding tert-OH is 1.